The van der Waals surface area contributed by atoms with Gasteiger partial charge in [0.1, 0.15) is 0 Å². The van der Waals surface area contributed by atoms with Gasteiger partial charge in [-0.25, -0.2) is 0 Å². The summed E-state index contributed by atoms with van der Waals surface area (Å²) in [5, 5.41) is 0.690. The molecule has 0 unspecified atom stereocenters. The maximum Gasteiger partial charge on any atom is 0.248 e. The molecule has 0 aliphatic heterocycles. The number of thiazole rings is 1. The predicted octanol–water partition coefficient (Wildman–Crippen LogP) is 3.92. The topological polar surface area (TPSA) is 34.4 Å². The minimum Gasteiger partial charge on any atom is -0.304 e. The number of amides is 1. The Hall–Kier alpha value is -1.57. The molecule has 0 saturated heterocycles. The Balaban J connectivity index is 2.61. The number of hydrogen-bond acceptors (Lipinski definition) is 2. The van der Waals surface area contributed by atoms with Crippen LogP contribution < -0.4 is 4.80 Å². The molecular weight excluding hydrogens is 304 g/mol. The molecule has 0 aliphatic carbocycles. The Kier molecular flexibility index (Phi) is 5.22. The molecule has 3 nitrogen and oxygen atoms in total. The molecule has 1 heterocycles. The van der Waals surface area contributed by atoms with Crippen LogP contribution in [0.5, 0.6) is 0 Å². The summed E-state index contributed by atoms with van der Waals surface area (Å²) in [5.41, 5.74) is 1.93. The first-order valence-electron chi connectivity index (χ1n) is 6.88. The fourth-order valence-electron chi connectivity index (χ4n) is 2.13. The van der Waals surface area contributed by atoms with Gasteiger partial charge in [-0.05, 0) is 31.0 Å². The van der Waals surface area contributed by atoms with Crippen LogP contribution in [-0.4, -0.2) is 10.5 Å². The number of rotatable bonds is 4. The Morgan fingerprint density at radius 2 is 2.29 bits per heavy atom. The van der Waals surface area contributed by atoms with E-state index in [9.17, 15) is 4.79 Å². The summed E-state index contributed by atoms with van der Waals surface area (Å²) in [6, 6.07) is 3.80. The number of aromatic nitrogens is 1. The van der Waals surface area contributed by atoms with Crippen LogP contribution in [0.15, 0.2) is 17.1 Å². The molecule has 0 aliphatic rings. The quantitative estimate of drug-likeness (QED) is 0.786. The van der Waals surface area contributed by atoms with Gasteiger partial charge in [0.2, 0.25) is 5.91 Å². The first kappa shape index (κ1) is 15.8. The van der Waals surface area contributed by atoms with Crippen molar-refractivity contribution >= 4 is 39.1 Å². The van der Waals surface area contributed by atoms with E-state index in [1.807, 2.05) is 23.6 Å². The van der Waals surface area contributed by atoms with E-state index < -0.39 is 0 Å². The number of terminal acetylenes is 1. The van der Waals surface area contributed by atoms with Crippen LogP contribution in [0.3, 0.4) is 0 Å². The molecule has 0 bridgehead atoms. The van der Waals surface area contributed by atoms with Gasteiger partial charge in [-0.15, -0.1) is 6.42 Å². The molecule has 1 amide bonds. The maximum absolute atomic E-state index is 11.9. The van der Waals surface area contributed by atoms with Crippen molar-refractivity contribution in [3.63, 3.8) is 0 Å². The number of nitrogens with zero attached hydrogens (tertiary/aromatic N) is 2. The zero-order valence-electron chi connectivity index (χ0n) is 12.1. The largest absolute Gasteiger partial charge is 0.304 e. The number of fused-ring (bicyclic) bond motifs is 1. The lowest BCUT2D eigenvalue weighted by atomic mass is 10.2. The Labute approximate surface area is 133 Å². The van der Waals surface area contributed by atoms with Crippen molar-refractivity contribution in [1.82, 2.24) is 4.57 Å². The van der Waals surface area contributed by atoms with E-state index in [1.165, 1.54) is 11.3 Å². The molecule has 0 fully saturated rings. The van der Waals surface area contributed by atoms with Crippen LogP contribution in [0.25, 0.3) is 10.2 Å². The fraction of sp³-hybridized carbons (Fsp3) is 0.375. The molecule has 0 saturated carbocycles. The van der Waals surface area contributed by atoms with Gasteiger partial charge in [-0.2, -0.15) is 4.99 Å². The lowest BCUT2D eigenvalue weighted by Gasteiger charge is -2.04. The maximum atomic E-state index is 11.9. The molecule has 2 rings (SSSR count). The minimum absolute atomic E-state index is 0.0991. The van der Waals surface area contributed by atoms with Crippen molar-refractivity contribution in [3.8, 4) is 12.3 Å². The Morgan fingerprint density at radius 1 is 1.52 bits per heavy atom. The van der Waals surface area contributed by atoms with Gasteiger partial charge in [0.15, 0.2) is 4.80 Å². The van der Waals surface area contributed by atoms with Crippen LogP contribution in [-0.2, 0) is 11.3 Å². The van der Waals surface area contributed by atoms with E-state index >= 15 is 0 Å². The highest BCUT2D eigenvalue weighted by atomic mass is 35.5. The van der Waals surface area contributed by atoms with Crippen molar-refractivity contribution < 1.29 is 4.79 Å². The van der Waals surface area contributed by atoms with Crippen molar-refractivity contribution in [2.24, 2.45) is 4.99 Å². The van der Waals surface area contributed by atoms with Gasteiger partial charge >= 0.3 is 0 Å². The van der Waals surface area contributed by atoms with Crippen LogP contribution in [0, 0.1) is 19.3 Å². The van der Waals surface area contributed by atoms with Crippen molar-refractivity contribution in [1.29, 1.82) is 0 Å². The molecular formula is C16H17ClN2OS. The molecule has 110 valence electrons. The lowest BCUT2D eigenvalue weighted by molar-refractivity contribution is -0.118. The zero-order valence-corrected chi connectivity index (χ0v) is 13.7. The molecule has 0 atom stereocenters. The number of benzene rings is 1. The number of aryl methyl sites for hydroxylation is 1. The highest BCUT2D eigenvalue weighted by Crippen LogP contribution is 2.27. The minimum atomic E-state index is -0.0991. The third-order valence-corrected chi connectivity index (χ3v) is 4.70. The standard InChI is InChI=1S/C16H17ClN2OS/c1-4-6-7-14(20)18-16-19(10-5-2)15-11(3)12(17)8-9-13(15)21-16/h2,8-9H,4,6-7,10H2,1,3H3. The second-order valence-electron chi connectivity index (χ2n) is 4.80. The van der Waals surface area contributed by atoms with Crippen LogP contribution in [0.1, 0.15) is 31.7 Å². The van der Waals surface area contributed by atoms with Crippen LogP contribution >= 0.6 is 22.9 Å². The van der Waals surface area contributed by atoms with Gasteiger partial charge in [-0.1, -0.05) is 42.2 Å². The number of carbonyl (C=O) groups is 1. The van der Waals surface area contributed by atoms with Gasteiger partial charge < -0.3 is 4.57 Å². The molecule has 2 aromatic rings. The summed E-state index contributed by atoms with van der Waals surface area (Å²) in [5.74, 6) is 2.52. The average Bonchev–Trinajstić information content (AvgIpc) is 2.80. The second kappa shape index (κ2) is 6.93. The number of halogens is 1. The van der Waals surface area contributed by atoms with E-state index in [2.05, 4.69) is 17.8 Å². The summed E-state index contributed by atoms with van der Waals surface area (Å²) in [7, 11) is 0. The monoisotopic (exact) mass is 320 g/mol. The average molecular weight is 321 g/mol. The van der Waals surface area contributed by atoms with Crippen LogP contribution in [0.2, 0.25) is 5.02 Å². The summed E-state index contributed by atoms with van der Waals surface area (Å²) in [4.78, 5) is 16.8. The molecule has 1 aromatic heterocycles. The highest BCUT2D eigenvalue weighted by Gasteiger charge is 2.11. The third-order valence-electron chi connectivity index (χ3n) is 3.24. The van der Waals surface area contributed by atoms with Crippen molar-refractivity contribution in [2.75, 3.05) is 0 Å². The normalized spacial score (nSPS) is 11.8. The fourth-order valence-corrected chi connectivity index (χ4v) is 3.39. The van der Waals surface area contributed by atoms with Gasteiger partial charge in [0, 0.05) is 11.4 Å². The van der Waals surface area contributed by atoms with E-state index in [4.69, 9.17) is 18.0 Å². The summed E-state index contributed by atoms with van der Waals surface area (Å²) < 4.78 is 2.93. The van der Waals surface area contributed by atoms with Crippen molar-refractivity contribution in [2.45, 2.75) is 39.7 Å². The third kappa shape index (κ3) is 3.37. The van der Waals surface area contributed by atoms with Gasteiger partial charge in [0.25, 0.3) is 0 Å². The molecule has 0 N–H and O–H groups in total. The predicted molar refractivity (Wildman–Crippen MR) is 88.5 cm³/mol. The Morgan fingerprint density at radius 3 is 2.95 bits per heavy atom. The number of carbonyl (C=O) groups excluding carboxylic acids is 1. The summed E-state index contributed by atoms with van der Waals surface area (Å²) in [6.45, 7) is 4.38. The molecule has 5 heteroatoms. The van der Waals surface area contributed by atoms with Gasteiger partial charge in [-0.3, -0.25) is 4.79 Å². The lowest BCUT2D eigenvalue weighted by Crippen LogP contribution is -2.16. The second-order valence-corrected chi connectivity index (χ2v) is 6.22. The number of hydrogen-bond donors (Lipinski definition) is 0. The van der Waals surface area contributed by atoms with E-state index in [0.29, 0.717) is 22.8 Å². The SMILES string of the molecule is C#CCn1c(=NC(=O)CCCC)sc2ccc(Cl)c(C)c21. The molecule has 0 spiro atoms. The first-order chi connectivity index (χ1) is 10.1. The molecule has 1 aromatic carbocycles. The van der Waals surface area contributed by atoms with E-state index in [-0.39, 0.29) is 5.91 Å². The highest BCUT2D eigenvalue weighted by molar-refractivity contribution is 7.16. The number of unbranched alkanes of at least 4 members (excludes halogenated alkanes) is 1. The smallest absolute Gasteiger partial charge is 0.248 e. The summed E-state index contributed by atoms with van der Waals surface area (Å²) >= 11 is 7.66. The Bertz CT molecular complexity index is 780. The molecule has 0 radical (unpaired) electrons. The van der Waals surface area contributed by atoms with Crippen LogP contribution in [0.4, 0.5) is 0 Å². The van der Waals surface area contributed by atoms with Crippen molar-refractivity contribution in [3.05, 3.63) is 27.5 Å². The van der Waals surface area contributed by atoms with E-state index in [1.54, 1.807) is 0 Å². The van der Waals surface area contributed by atoms with Gasteiger partial charge in [0.05, 0.1) is 16.8 Å². The zero-order chi connectivity index (χ0) is 15.4. The molecule has 21 heavy (non-hydrogen) atoms. The first-order valence-corrected chi connectivity index (χ1v) is 8.07. The summed E-state index contributed by atoms with van der Waals surface area (Å²) in [6.07, 6.45) is 7.76. The van der Waals surface area contributed by atoms with E-state index in [0.717, 1.165) is 28.6 Å².